The molecule has 1 heterocycles. The van der Waals surface area contributed by atoms with Crippen molar-refractivity contribution in [3.63, 3.8) is 0 Å². The number of carbonyl (C=O) groups is 1. The number of ether oxygens (including phenoxy) is 1. The lowest BCUT2D eigenvalue weighted by Gasteiger charge is -2.25. The van der Waals surface area contributed by atoms with Crippen molar-refractivity contribution >= 4 is 11.8 Å². The van der Waals surface area contributed by atoms with Crippen LogP contribution >= 0.6 is 0 Å². The van der Waals surface area contributed by atoms with Crippen LogP contribution in [0.2, 0.25) is 0 Å². The first-order chi connectivity index (χ1) is 9.87. The summed E-state index contributed by atoms with van der Waals surface area (Å²) in [6, 6.07) is 1.97. The van der Waals surface area contributed by atoms with Crippen LogP contribution in [0, 0.1) is 17.2 Å². The number of hydrogen-bond donors (Lipinski definition) is 0. The molecule has 6 nitrogen and oxygen atoms in total. The third kappa shape index (κ3) is 5.03. The number of rotatable bonds is 5. The van der Waals surface area contributed by atoms with Crippen LogP contribution in [0.1, 0.15) is 39.3 Å². The second-order valence-corrected chi connectivity index (χ2v) is 6.28. The number of aromatic nitrogens is 2. The van der Waals surface area contributed by atoms with E-state index in [0.29, 0.717) is 11.7 Å². The molecule has 1 aromatic rings. The average Bonchev–Trinajstić information content (AvgIpc) is 3.20. The second kappa shape index (κ2) is 6.08. The van der Waals surface area contributed by atoms with Crippen LogP contribution < -0.4 is 4.90 Å². The van der Waals surface area contributed by atoms with Crippen LogP contribution in [0.5, 0.6) is 0 Å². The maximum absolute atomic E-state index is 12.0. The van der Waals surface area contributed by atoms with Gasteiger partial charge in [0.2, 0.25) is 0 Å². The Morgan fingerprint density at radius 1 is 1.48 bits per heavy atom. The van der Waals surface area contributed by atoms with Crippen LogP contribution in [0.25, 0.3) is 0 Å². The van der Waals surface area contributed by atoms with Crippen molar-refractivity contribution < 1.29 is 9.53 Å². The highest BCUT2D eigenvalue weighted by Crippen LogP contribution is 2.31. The fraction of sp³-hybridized carbons (Fsp3) is 0.600. The highest BCUT2D eigenvalue weighted by molar-refractivity contribution is 5.75. The van der Waals surface area contributed by atoms with Gasteiger partial charge in [0.05, 0.1) is 12.4 Å². The molecule has 0 N–H and O–H groups in total. The largest absolute Gasteiger partial charge is 0.459 e. The third-order valence-electron chi connectivity index (χ3n) is 2.98. The summed E-state index contributed by atoms with van der Waals surface area (Å²) in [5.41, 5.74) is -0.264. The van der Waals surface area contributed by atoms with E-state index in [9.17, 15) is 4.79 Å². The molecule has 0 amide bonds. The van der Waals surface area contributed by atoms with Gasteiger partial charge >= 0.3 is 5.97 Å². The summed E-state index contributed by atoms with van der Waals surface area (Å²) in [7, 11) is 0. The zero-order valence-corrected chi connectivity index (χ0v) is 12.7. The van der Waals surface area contributed by atoms with Crippen LogP contribution in [0.3, 0.4) is 0 Å². The van der Waals surface area contributed by atoms with E-state index in [1.807, 2.05) is 31.7 Å². The van der Waals surface area contributed by atoms with Gasteiger partial charge in [-0.05, 0) is 39.5 Å². The molecule has 0 atom stereocenters. The van der Waals surface area contributed by atoms with Crippen LogP contribution in [0.4, 0.5) is 5.82 Å². The summed E-state index contributed by atoms with van der Waals surface area (Å²) in [5, 5.41) is 8.91. The molecule has 0 spiro atoms. The molecule has 0 aromatic carbocycles. The van der Waals surface area contributed by atoms with Crippen molar-refractivity contribution in [3.05, 3.63) is 18.1 Å². The zero-order valence-electron chi connectivity index (χ0n) is 12.7. The Kier molecular flexibility index (Phi) is 4.41. The topological polar surface area (TPSA) is 79.1 Å². The number of esters is 1. The van der Waals surface area contributed by atoms with E-state index in [-0.39, 0.29) is 18.2 Å². The minimum atomic E-state index is -0.511. The monoisotopic (exact) mass is 288 g/mol. The molecule has 0 saturated heterocycles. The zero-order chi connectivity index (χ0) is 15.5. The molecule has 0 unspecified atom stereocenters. The maximum Gasteiger partial charge on any atom is 0.326 e. The molecule has 1 saturated carbocycles. The van der Waals surface area contributed by atoms with Gasteiger partial charge in [-0.1, -0.05) is 0 Å². The molecular weight excluding hydrogens is 268 g/mol. The molecule has 0 radical (unpaired) electrons. The molecule has 112 valence electrons. The van der Waals surface area contributed by atoms with E-state index < -0.39 is 5.60 Å². The average molecular weight is 288 g/mol. The Bertz CT molecular complexity index is 556. The Balaban J connectivity index is 2.10. The first-order valence-electron chi connectivity index (χ1n) is 7.06. The van der Waals surface area contributed by atoms with Gasteiger partial charge in [0.15, 0.2) is 5.69 Å². The normalized spacial score (nSPS) is 14.4. The molecule has 1 fully saturated rings. The van der Waals surface area contributed by atoms with Crippen LogP contribution in [0.15, 0.2) is 12.4 Å². The fourth-order valence-corrected chi connectivity index (χ4v) is 1.94. The maximum atomic E-state index is 12.0. The van der Waals surface area contributed by atoms with Gasteiger partial charge in [-0.25, -0.2) is 4.98 Å². The van der Waals surface area contributed by atoms with Crippen molar-refractivity contribution in [2.45, 2.75) is 39.2 Å². The van der Waals surface area contributed by atoms with Gasteiger partial charge in [-0.2, -0.15) is 5.26 Å². The number of nitrogens with zero attached hydrogens (tertiary/aromatic N) is 4. The number of anilines is 1. The molecule has 1 aliphatic rings. The fourth-order valence-electron chi connectivity index (χ4n) is 1.94. The number of carbonyl (C=O) groups excluding carboxylic acids is 1. The smallest absolute Gasteiger partial charge is 0.326 e. The van der Waals surface area contributed by atoms with E-state index in [1.165, 1.54) is 6.20 Å². The van der Waals surface area contributed by atoms with Gasteiger partial charge in [0.25, 0.3) is 0 Å². The minimum Gasteiger partial charge on any atom is -0.459 e. The molecule has 2 rings (SSSR count). The second-order valence-electron chi connectivity index (χ2n) is 6.28. The Labute approximate surface area is 124 Å². The molecular formula is C15H20N4O2. The molecule has 6 heteroatoms. The molecule has 0 aliphatic heterocycles. The van der Waals surface area contributed by atoms with E-state index in [4.69, 9.17) is 10.00 Å². The highest BCUT2D eigenvalue weighted by atomic mass is 16.6. The van der Waals surface area contributed by atoms with Gasteiger partial charge in [0.1, 0.15) is 24.0 Å². The third-order valence-corrected chi connectivity index (χ3v) is 2.98. The molecule has 21 heavy (non-hydrogen) atoms. The van der Waals surface area contributed by atoms with E-state index in [0.717, 1.165) is 19.4 Å². The predicted molar refractivity (Wildman–Crippen MR) is 77.5 cm³/mol. The van der Waals surface area contributed by atoms with Crippen molar-refractivity contribution in [1.29, 1.82) is 5.26 Å². The summed E-state index contributed by atoms with van der Waals surface area (Å²) >= 11 is 0. The van der Waals surface area contributed by atoms with E-state index in [1.54, 1.807) is 6.20 Å². The predicted octanol–water partition coefficient (Wildman–Crippen LogP) is 1.91. The Morgan fingerprint density at radius 2 is 2.19 bits per heavy atom. The Hall–Kier alpha value is -2.16. The van der Waals surface area contributed by atoms with Crippen LogP contribution in [-0.4, -0.2) is 34.6 Å². The molecule has 0 bridgehead atoms. The van der Waals surface area contributed by atoms with Gasteiger partial charge in [-0.15, -0.1) is 0 Å². The van der Waals surface area contributed by atoms with Crippen molar-refractivity contribution in [3.8, 4) is 6.07 Å². The van der Waals surface area contributed by atoms with E-state index >= 15 is 0 Å². The lowest BCUT2D eigenvalue weighted by molar-refractivity contribution is -0.153. The standard InChI is InChI=1S/C15H20N4O2/c1-15(2,3)21-14(20)10-19(9-11-4-5-11)13-8-17-7-12(6-16)18-13/h7-8,11H,4-5,9-10H2,1-3H3. The van der Waals surface area contributed by atoms with Crippen LogP contribution in [-0.2, 0) is 9.53 Å². The van der Waals surface area contributed by atoms with Gasteiger partial charge < -0.3 is 9.64 Å². The highest BCUT2D eigenvalue weighted by Gasteiger charge is 2.27. The summed E-state index contributed by atoms with van der Waals surface area (Å²) < 4.78 is 5.35. The van der Waals surface area contributed by atoms with Crippen molar-refractivity contribution in [2.24, 2.45) is 5.92 Å². The number of hydrogen-bond acceptors (Lipinski definition) is 6. The summed E-state index contributed by atoms with van der Waals surface area (Å²) in [4.78, 5) is 22.1. The van der Waals surface area contributed by atoms with Gasteiger partial charge in [0, 0.05) is 6.54 Å². The van der Waals surface area contributed by atoms with Gasteiger partial charge in [-0.3, -0.25) is 9.78 Å². The first-order valence-corrected chi connectivity index (χ1v) is 7.06. The summed E-state index contributed by atoms with van der Waals surface area (Å²) in [6.07, 6.45) is 5.31. The first kappa shape index (κ1) is 15.2. The lowest BCUT2D eigenvalue weighted by Crippen LogP contribution is -2.36. The quantitative estimate of drug-likeness (QED) is 0.770. The summed E-state index contributed by atoms with van der Waals surface area (Å²) in [6.45, 7) is 6.38. The molecule has 1 aromatic heterocycles. The van der Waals surface area contributed by atoms with Crippen molar-refractivity contribution in [1.82, 2.24) is 9.97 Å². The number of nitriles is 1. The SMILES string of the molecule is CC(C)(C)OC(=O)CN(CC1CC1)c1cncc(C#N)n1. The van der Waals surface area contributed by atoms with E-state index in [2.05, 4.69) is 9.97 Å². The lowest BCUT2D eigenvalue weighted by atomic mass is 10.2. The Morgan fingerprint density at radius 3 is 2.76 bits per heavy atom. The minimum absolute atomic E-state index is 0.122. The summed E-state index contributed by atoms with van der Waals surface area (Å²) in [5.74, 6) is 0.832. The molecule has 1 aliphatic carbocycles. The van der Waals surface area contributed by atoms with Crippen molar-refractivity contribution in [2.75, 3.05) is 18.0 Å².